The molecule has 1 saturated heterocycles. The molecule has 0 spiro atoms. The summed E-state index contributed by atoms with van der Waals surface area (Å²) in [6.45, 7) is 5.42. The Morgan fingerprint density at radius 3 is 2.68 bits per heavy atom. The predicted octanol–water partition coefficient (Wildman–Crippen LogP) is 1.53. The third-order valence-corrected chi connectivity index (χ3v) is 5.16. The molecule has 0 bridgehead atoms. The lowest BCUT2D eigenvalue weighted by atomic mass is 9.90. The second-order valence-corrected chi connectivity index (χ2v) is 7.35. The van der Waals surface area contributed by atoms with Crippen LogP contribution in [0.15, 0.2) is 18.2 Å². The molecular weight excluding hydrogens is 364 g/mol. The van der Waals surface area contributed by atoms with Gasteiger partial charge in [0.2, 0.25) is 0 Å². The number of carboxylic acid groups (broad SMARTS) is 1. The molecule has 4 rings (SSSR count). The molecule has 2 aliphatic heterocycles. The van der Waals surface area contributed by atoms with Crippen LogP contribution in [0.25, 0.3) is 5.69 Å². The van der Waals surface area contributed by atoms with Gasteiger partial charge in [0.15, 0.2) is 17.2 Å². The fraction of sp³-hybridized carbons (Fsp3) is 0.474. The van der Waals surface area contributed by atoms with Crippen LogP contribution in [0.3, 0.4) is 0 Å². The van der Waals surface area contributed by atoms with Gasteiger partial charge in [-0.3, -0.25) is 9.59 Å². The molecule has 1 fully saturated rings. The van der Waals surface area contributed by atoms with Gasteiger partial charge in [0.1, 0.15) is 13.2 Å². The van der Waals surface area contributed by atoms with Gasteiger partial charge < -0.3 is 19.5 Å². The van der Waals surface area contributed by atoms with Crippen LogP contribution in [-0.4, -0.2) is 63.2 Å². The summed E-state index contributed by atoms with van der Waals surface area (Å²) in [7, 11) is 0. The maximum absolute atomic E-state index is 13.0. The first kappa shape index (κ1) is 18.3. The molecule has 2 unspecified atom stereocenters. The van der Waals surface area contributed by atoms with Crippen LogP contribution in [0.4, 0.5) is 0 Å². The average molecular weight is 386 g/mol. The highest BCUT2D eigenvalue weighted by molar-refractivity contribution is 5.93. The molecule has 3 heterocycles. The maximum Gasteiger partial charge on any atom is 0.308 e. The Kier molecular flexibility index (Phi) is 4.66. The number of carbonyl (C=O) groups excluding carboxylic acids is 1. The van der Waals surface area contributed by atoms with Crippen LogP contribution in [-0.2, 0) is 4.79 Å². The zero-order valence-electron chi connectivity index (χ0n) is 15.8. The first-order chi connectivity index (χ1) is 13.4. The van der Waals surface area contributed by atoms with Crippen molar-refractivity contribution in [1.82, 2.24) is 19.9 Å². The number of ether oxygens (including phenoxy) is 2. The summed E-state index contributed by atoms with van der Waals surface area (Å²) in [5.41, 5.74) is 1.53. The largest absolute Gasteiger partial charge is 0.486 e. The minimum absolute atomic E-state index is 0.118. The smallest absolute Gasteiger partial charge is 0.308 e. The number of aliphatic carboxylic acids is 1. The number of amides is 1. The van der Waals surface area contributed by atoms with Crippen LogP contribution in [0.2, 0.25) is 0 Å². The molecule has 148 valence electrons. The molecule has 2 atom stereocenters. The lowest BCUT2D eigenvalue weighted by Gasteiger charge is -2.34. The predicted molar refractivity (Wildman–Crippen MR) is 97.9 cm³/mol. The molecular formula is C19H22N4O5. The molecule has 2 aliphatic rings. The van der Waals surface area contributed by atoms with Crippen molar-refractivity contribution in [2.45, 2.75) is 20.3 Å². The topological polar surface area (TPSA) is 107 Å². The van der Waals surface area contributed by atoms with E-state index in [0.29, 0.717) is 49.1 Å². The Morgan fingerprint density at radius 1 is 1.18 bits per heavy atom. The van der Waals surface area contributed by atoms with Crippen molar-refractivity contribution in [3.8, 4) is 17.2 Å². The number of piperidine rings is 1. The Morgan fingerprint density at radius 2 is 1.93 bits per heavy atom. The molecule has 1 aromatic carbocycles. The van der Waals surface area contributed by atoms with E-state index in [-0.39, 0.29) is 24.1 Å². The van der Waals surface area contributed by atoms with Gasteiger partial charge >= 0.3 is 5.97 Å². The number of benzene rings is 1. The van der Waals surface area contributed by atoms with Crippen molar-refractivity contribution >= 4 is 11.9 Å². The van der Waals surface area contributed by atoms with E-state index in [1.807, 2.05) is 13.0 Å². The first-order valence-corrected chi connectivity index (χ1v) is 9.28. The van der Waals surface area contributed by atoms with Crippen LogP contribution in [0.1, 0.15) is 29.5 Å². The number of likely N-dealkylation sites (tertiary alicyclic amines) is 1. The molecule has 9 nitrogen and oxygen atoms in total. The van der Waals surface area contributed by atoms with Crippen molar-refractivity contribution in [2.24, 2.45) is 11.8 Å². The molecule has 1 amide bonds. The Bertz CT molecular complexity index is 925. The van der Waals surface area contributed by atoms with E-state index < -0.39 is 11.9 Å². The van der Waals surface area contributed by atoms with Crippen LogP contribution in [0, 0.1) is 18.8 Å². The number of rotatable bonds is 3. The molecule has 0 saturated carbocycles. The van der Waals surface area contributed by atoms with E-state index in [4.69, 9.17) is 9.47 Å². The third kappa shape index (κ3) is 3.28. The molecule has 0 radical (unpaired) electrons. The van der Waals surface area contributed by atoms with E-state index in [1.165, 1.54) is 0 Å². The third-order valence-electron chi connectivity index (χ3n) is 5.16. The summed E-state index contributed by atoms with van der Waals surface area (Å²) in [5.74, 6) is -0.306. The standard InChI is InChI=1S/C19H22N4O5/c1-11-7-13(19(25)26)10-22(9-11)18(24)17-12(2)23(21-20-17)14-3-4-15-16(8-14)28-6-5-27-15/h3-4,8,11,13H,5-7,9-10H2,1-2H3,(H,25,26). The van der Waals surface area contributed by atoms with Gasteiger partial charge in [0.05, 0.1) is 17.3 Å². The second-order valence-electron chi connectivity index (χ2n) is 7.35. The molecule has 1 N–H and O–H groups in total. The number of carboxylic acids is 1. The average Bonchev–Trinajstić information content (AvgIpc) is 3.07. The van der Waals surface area contributed by atoms with Crippen molar-refractivity contribution in [3.05, 3.63) is 29.6 Å². The van der Waals surface area contributed by atoms with E-state index in [1.54, 1.807) is 28.6 Å². The molecule has 9 heteroatoms. The fourth-order valence-electron chi connectivity index (χ4n) is 3.78. The Hall–Kier alpha value is -3.10. The summed E-state index contributed by atoms with van der Waals surface area (Å²) < 4.78 is 12.7. The van der Waals surface area contributed by atoms with Gasteiger partial charge in [-0.1, -0.05) is 12.1 Å². The van der Waals surface area contributed by atoms with Gasteiger partial charge in [-0.15, -0.1) is 5.10 Å². The normalized spacial score (nSPS) is 21.4. The van der Waals surface area contributed by atoms with Crippen molar-refractivity contribution < 1.29 is 24.2 Å². The minimum Gasteiger partial charge on any atom is -0.486 e. The number of carbonyl (C=O) groups is 2. The lowest BCUT2D eigenvalue weighted by Crippen LogP contribution is -2.45. The zero-order valence-corrected chi connectivity index (χ0v) is 15.8. The number of aromatic nitrogens is 3. The number of fused-ring (bicyclic) bond motifs is 1. The molecule has 28 heavy (non-hydrogen) atoms. The van der Waals surface area contributed by atoms with Crippen molar-refractivity contribution in [3.63, 3.8) is 0 Å². The van der Waals surface area contributed by atoms with E-state index in [9.17, 15) is 14.7 Å². The van der Waals surface area contributed by atoms with E-state index in [2.05, 4.69) is 10.3 Å². The minimum atomic E-state index is -0.874. The number of hydrogen-bond acceptors (Lipinski definition) is 6. The van der Waals surface area contributed by atoms with Crippen LogP contribution in [0.5, 0.6) is 11.5 Å². The maximum atomic E-state index is 13.0. The van der Waals surface area contributed by atoms with Gasteiger partial charge in [0, 0.05) is 19.2 Å². The number of nitrogens with zero attached hydrogens (tertiary/aromatic N) is 4. The molecule has 1 aromatic heterocycles. The van der Waals surface area contributed by atoms with Crippen LogP contribution >= 0.6 is 0 Å². The van der Waals surface area contributed by atoms with Gasteiger partial charge in [0.25, 0.3) is 5.91 Å². The zero-order chi connectivity index (χ0) is 19.8. The van der Waals surface area contributed by atoms with Gasteiger partial charge in [-0.05, 0) is 31.4 Å². The highest BCUT2D eigenvalue weighted by Gasteiger charge is 2.34. The Balaban J connectivity index is 1.60. The second kappa shape index (κ2) is 7.14. The summed E-state index contributed by atoms with van der Waals surface area (Å²) in [6.07, 6.45) is 0.571. The van der Waals surface area contributed by atoms with Gasteiger partial charge in [-0.25, -0.2) is 4.68 Å². The van der Waals surface area contributed by atoms with Gasteiger partial charge in [-0.2, -0.15) is 0 Å². The SMILES string of the molecule is Cc1c(C(=O)N2CC(C)CC(C(=O)O)C2)nnn1-c1ccc2c(c1)OCCO2. The van der Waals surface area contributed by atoms with Crippen LogP contribution < -0.4 is 9.47 Å². The Labute approximate surface area is 161 Å². The monoisotopic (exact) mass is 386 g/mol. The highest BCUT2D eigenvalue weighted by atomic mass is 16.6. The summed E-state index contributed by atoms with van der Waals surface area (Å²) in [5, 5.41) is 17.5. The number of hydrogen-bond donors (Lipinski definition) is 1. The molecule has 2 aromatic rings. The summed E-state index contributed by atoms with van der Waals surface area (Å²) >= 11 is 0. The van der Waals surface area contributed by atoms with Crippen molar-refractivity contribution in [2.75, 3.05) is 26.3 Å². The molecule has 0 aliphatic carbocycles. The summed E-state index contributed by atoms with van der Waals surface area (Å²) in [4.78, 5) is 25.9. The van der Waals surface area contributed by atoms with E-state index >= 15 is 0 Å². The van der Waals surface area contributed by atoms with Crippen molar-refractivity contribution in [1.29, 1.82) is 0 Å². The fourth-order valence-corrected chi connectivity index (χ4v) is 3.78. The quantitative estimate of drug-likeness (QED) is 0.852. The summed E-state index contributed by atoms with van der Waals surface area (Å²) in [6, 6.07) is 5.43. The lowest BCUT2D eigenvalue weighted by molar-refractivity contribution is -0.143. The highest BCUT2D eigenvalue weighted by Crippen LogP contribution is 2.32. The van der Waals surface area contributed by atoms with E-state index in [0.717, 1.165) is 0 Å². The first-order valence-electron chi connectivity index (χ1n) is 9.28.